The Morgan fingerprint density at radius 1 is 1.25 bits per heavy atom. The zero-order chi connectivity index (χ0) is 12.8. The van der Waals surface area contributed by atoms with Crippen LogP contribution in [0, 0.1) is 0 Å². The second-order valence-electron chi connectivity index (χ2n) is 3.32. The highest BCUT2D eigenvalue weighted by molar-refractivity contribution is 5.80. The highest BCUT2D eigenvalue weighted by Gasteiger charge is 2.32. The van der Waals surface area contributed by atoms with E-state index >= 15 is 0 Å². The second-order valence-corrected chi connectivity index (χ2v) is 3.32. The molecule has 7 heteroatoms. The Kier molecular flexibility index (Phi) is 5.84. The number of carbonyl (C=O) groups excluding carboxylic acids is 1. The molecule has 0 aromatic rings. The minimum absolute atomic E-state index is 0.0159. The second kappa shape index (κ2) is 6.34. The van der Waals surface area contributed by atoms with Gasteiger partial charge in [0.15, 0.2) is 0 Å². The van der Waals surface area contributed by atoms with Crippen molar-refractivity contribution in [3.8, 4) is 0 Å². The van der Waals surface area contributed by atoms with E-state index in [1.165, 1.54) is 0 Å². The van der Waals surface area contributed by atoms with Crippen LogP contribution in [0.3, 0.4) is 0 Å². The third-order valence-corrected chi connectivity index (χ3v) is 1.77. The monoisotopic (exact) mass is 241 g/mol. The van der Waals surface area contributed by atoms with Crippen molar-refractivity contribution in [2.45, 2.75) is 32.4 Å². The molecule has 1 N–H and O–H groups in total. The van der Waals surface area contributed by atoms with Crippen LogP contribution < -0.4 is 0 Å². The van der Waals surface area contributed by atoms with E-state index in [0.29, 0.717) is 11.3 Å². The van der Waals surface area contributed by atoms with Gasteiger partial charge in [0, 0.05) is 13.0 Å². The lowest BCUT2D eigenvalue weighted by Gasteiger charge is -2.23. The molecular formula is C9H14F3NO3. The number of nitrogens with zero attached hydrogens (tertiary/aromatic N) is 1. The Bertz CT molecular complexity index is 253. The molecule has 0 saturated carbocycles. The van der Waals surface area contributed by atoms with E-state index in [4.69, 9.17) is 5.11 Å². The summed E-state index contributed by atoms with van der Waals surface area (Å²) in [5, 5.41) is 8.31. The summed E-state index contributed by atoms with van der Waals surface area (Å²) in [6.45, 7) is 0.311. The average molecular weight is 241 g/mol. The molecule has 0 atom stereocenters. The number of hydrogen-bond acceptors (Lipinski definition) is 2. The first-order valence-electron chi connectivity index (χ1n) is 4.82. The summed E-state index contributed by atoms with van der Waals surface area (Å²) in [6.07, 6.45) is -4.90. The van der Waals surface area contributed by atoms with E-state index in [-0.39, 0.29) is 6.54 Å². The van der Waals surface area contributed by atoms with Crippen molar-refractivity contribution < 1.29 is 27.9 Å². The number of carboxylic acid groups (broad SMARTS) is 1. The van der Waals surface area contributed by atoms with Crippen LogP contribution >= 0.6 is 0 Å². The molecule has 16 heavy (non-hydrogen) atoms. The van der Waals surface area contributed by atoms with Crippen molar-refractivity contribution in [1.82, 2.24) is 4.90 Å². The SMILES string of the molecule is CCCN(CC(F)(F)F)C(=O)CCC(=O)O. The molecule has 0 heterocycles. The quantitative estimate of drug-likeness (QED) is 0.769. The van der Waals surface area contributed by atoms with Gasteiger partial charge in [0.25, 0.3) is 0 Å². The van der Waals surface area contributed by atoms with Gasteiger partial charge >= 0.3 is 12.1 Å². The largest absolute Gasteiger partial charge is 0.481 e. The number of amides is 1. The lowest BCUT2D eigenvalue weighted by atomic mass is 10.2. The fourth-order valence-corrected chi connectivity index (χ4v) is 1.15. The molecule has 0 radical (unpaired) electrons. The molecule has 0 saturated heterocycles. The van der Waals surface area contributed by atoms with Crippen LogP contribution in [0.1, 0.15) is 26.2 Å². The van der Waals surface area contributed by atoms with Crippen LogP contribution in [-0.2, 0) is 9.59 Å². The Hall–Kier alpha value is -1.27. The third-order valence-electron chi connectivity index (χ3n) is 1.77. The van der Waals surface area contributed by atoms with Gasteiger partial charge in [-0.15, -0.1) is 0 Å². The van der Waals surface area contributed by atoms with E-state index in [0.717, 1.165) is 0 Å². The normalized spacial score (nSPS) is 11.2. The minimum atomic E-state index is -4.45. The topological polar surface area (TPSA) is 57.6 Å². The first kappa shape index (κ1) is 14.7. The maximum Gasteiger partial charge on any atom is 0.406 e. The number of rotatable bonds is 6. The van der Waals surface area contributed by atoms with Gasteiger partial charge in [0.2, 0.25) is 5.91 Å². The van der Waals surface area contributed by atoms with E-state index < -0.39 is 37.4 Å². The first-order valence-corrected chi connectivity index (χ1v) is 4.82. The van der Waals surface area contributed by atoms with Crippen molar-refractivity contribution in [2.75, 3.05) is 13.1 Å². The molecule has 0 aliphatic carbocycles. The summed E-state index contributed by atoms with van der Waals surface area (Å²) >= 11 is 0. The number of aliphatic carboxylic acids is 1. The number of halogens is 3. The van der Waals surface area contributed by atoms with Gasteiger partial charge in [-0.3, -0.25) is 9.59 Å². The van der Waals surface area contributed by atoms with Crippen molar-refractivity contribution in [3.05, 3.63) is 0 Å². The summed E-state index contributed by atoms with van der Waals surface area (Å²) in [4.78, 5) is 22.1. The highest BCUT2D eigenvalue weighted by Crippen LogP contribution is 2.17. The zero-order valence-electron chi connectivity index (χ0n) is 8.88. The van der Waals surface area contributed by atoms with Crippen LogP contribution in [0.25, 0.3) is 0 Å². The minimum Gasteiger partial charge on any atom is -0.481 e. The fraction of sp³-hybridized carbons (Fsp3) is 0.778. The molecule has 0 rings (SSSR count). The molecule has 0 bridgehead atoms. The highest BCUT2D eigenvalue weighted by atomic mass is 19.4. The van der Waals surface area contributed by atoms with Crippen molar-refractivity contribution >= 4 is 11.9 Å². The van der Waals surface area contributed by atoms with Crippen LogP contribution in [0.2, 0.25) is 0 Å². The van der Waals surface area contributed by atoms with Gasteiger partial charge in [0.1, 0.15) is 6.54 Å². The van der Waals surface area contributed by atoms with Gasteiger partial charge in [-0.1, -0.05) is 6.92 Å². The molecule has 1 amide bonds. The predicted octanol–water partition coefficient (Wildman–Crippen LogP) is 1.65. The van der Waals surface area contributed by atoms with Crippen molar-refractivity contribution in [1.29, 1.82) is 0 Å². The van der Waals surface area contributed by atoms with Gasteiger partial charge in [-0.2, -0.15) is 13.2 Å². The first-order chi connectivity index (χ1) is 7.26. The summed E-state index contributed by atoms with van der Waals surface area (Å²) in [6, 6.07) is 0. The molecular weight excluding hydrogens is 227 g/mol. The van der Waals surface area contributed by atoms with Crippen LogP contribution in [0.4, 0.5) is 13.2 Å². The van der Waals surface area contributed by atoms with Gasteiger partial charge in [0.05, 0.1) is 6.42 Å². The Balaban J connectivity index is 4.29. The van der Waals surface area contributed by atoms with Gasteiger partial charge in [-0.05, 0) is 6.42 Å². The Labute approximate surface area is 91.0 Å². The van der Waals surface area contributed by atoms with Crippen LogP contribution in [0.5, 0.6) is 0 Å². The Morgan fingerprint density at radius 3 is 2.19 bits per heavy atom. The average Bonchev–Trinajstić information content (AvgIpc) is 2.11. The van der Waals surface area contributed by atoms with E-state index in [1.54, 1.807) is 6.92 Å². The molecule has 0 fully saturated rings. The molecule has 4 nitrogen and oxygen atoms in total. The number of carboxylic acids is 1. The summed E-state index contributed by atoms with van der Waals surface area (Å²) in [5.41, 5.74) is 0. The summed E-state index contributed by atoms with van der Waals surface area (Å²) in [7, 11) is 0. The lowest BCUT2D eigenvalue weighted by Crippen LogP contribution is -2.39. The van der Waals surface area contributed by atoms with Gasteiger partial charge in [-0.25, -0.2) is 0 Å². The van der Waals surface area contributed by atoms with Gasteiger partial charge < -0.3 is 10.0 Å². The zero-order valence-corrected chi connectivity index (χ0v) is 8.88. The molecule has 0 unspecified atom stereocenters. The maximum absolute atomic E-state index is 12.1. The Morgan fingerprint density at radius 2 is 1.81 bits per heavy atom. The fourth-order valence-electron chi connectivity index (χ4n) is 1.15. The maximum atomic E-state index is 12.1. The smallest absolute Gasteiger partial charge is 0.406 e. The van der Waals surface area contributed by atoms with E-state index in [2.05, 4.69) is 0 Å². The van der Waals surface area contributed by atoms with Crippen LogP contribution in [0.15, 0.2) is 0 Å². The standard InChI is InChI=1S/C9H14F3NO3/c1-2-5-13(6-9(10,11)12)7(14)3-4-8(15)16/h2-6H2,1H3,(H,15,16). The summed E-state index contributed by atoms with van der Waals surface area (Å²) < 4.78 is 36.2. The molecule has 0 spiro atoms. The molecule has 94 valence electrons. The summed E-state index contributed by atoms with van der Waals surface area (Å²) in [5.74, 6) is -1.97. The van der Waals surface area contributed by atoms with Crippen LogP contribution in [-0.4, -0.2) is 41.1 Å². The molecule has 0 aliphatic rings. The lowest BCUT2D eigenvalue weighted by molar-refractivity contribution is -0.161. The van der Waals surface area contributed by atoms with Crippen molar-refractivity contribution in [2.24, 2.45) is 0 Å². The number of hydrogen-bond donors (Lipinski definition) is 1. The van der Waals surface area contributed by atoms with Crippen molar-refractivity contribution in [3.63, 3.8) is 0 Å². The van der Waals surface area contributed by atoms with E-state index in [1.807, 2.05) is 0 Å². The predicted molar refractivity (Wildman–Crippen MR) is 49.8 cm³/mol. The number of alkyl halides is 3. The molecule has 0 aromatic heterocycles. The van der Waals surface area contributed by atoms with E-state index in [9.17, 15) is 22.8 Å². The molecule has 0 aromatic carbocycles. The molecule has 0 aliphatic heterocycles. The third kappa shape index (κ3) is 7.08. The number of carbonyl (C=O) groups is 2.